The summed E-state index contributed by atoms with van der Waals surface area (Å²) in [7, 11) is 1.73. The standard InChI is InChI=1S/C23H28N2O5.C6H8O7/c1-26-19-5-3-2-4-18(19)25-10-8-16(9-11-25)12-24-13-17-14-27-21-7-6-20-22(23(21)30-17)29-15-28-20;7-3(8)1-6(13,5(11)12)2-4(9)10/h2-7,16-17,24H,8-15H2,1H3;13H,1-2H2,(H,7,8)(H,9,10)(H,11,12)/t17-;/m0./s1. The molecule has 2 aromatic carbocycles. The summed E-state index contributed by atoms with van der Waals surface area (Å²) >= 11 is 0. The summed E-state index contributed by atoms with van der Waals surface area (Å²) in [5, 5.41) is 37.4. The summed E-state index contributed by atoms with van der Waals surface area (Å²) in [6.07, 6.45) is -0.00576. The third-order valence-corrected chi connectivity index (χ3v) is 7.30. The number of carbonyl (C=O) groups is 3. The molecule has 0 aromatic heterocycles. The fourth-order valence-electron chi connectivity index (χ4n) is 5.07. The summed E-state index contributed by atoms with van der Waals surface area (Å²) in [5.41, 5.74) is -1.55. The van der Waals surface area contributed by atoms with Gasteiger partial charge in [0.05, 0.1) is 25.6 Å². The van der Waals surface area contributed by atoms with Gasteiger partial charge in [0.25, 0.3) is 0 Å². The first kappa shape index (κ1) is 31.5. The van der Waals surface area contributed by atoms with E-state index in [4.69, 9.17) is 44.1 Å². The van der Waals surface area contributed by atoms with Crippen molar-refractivity contribution in [2.75, 3.05) is 51.6 Å². The number of carboxylic acid groups (broad SMARTS) is 3. The van der Waals surface area contributed by atoms with Crippen LogP contribution in [0.3, 0.4) is 0 Å². The number of para-hydroxylation sites is 2. The van der Waals surface area contributed by atoms with E-state index >= 15 is 0 Å². The van der Waals surface area contributed by atoms with Crippen molar-refractivity contribution in [3.63, 3.8) is 0 Å². The molecule has 0 bridgehead atoms. The van der Waals surface area contributed by atoms with Crippen LogP contribution < -0.4 is 33.9 Å². The van der Waals surface area contributed by atoms with Crippen molar-refractivity contribution in [2.45, 2.75) is 37.4 Å². The highest BCUT2D eigenvalue weighted by molar-refractivity contribution is 5.88. The first-order valence-corrected chi connectivity index (χ1v) is 13.8. The van der Waals surface area contributed by atoms with Crippen molar-refractivity contribution in [3.05, 3.63) is 36.4 Å². The minimum Gasteiger partial charge on any atom is -0.495 e. The summed E-state index contributed by atoms with van der Waals surface area (Å²) in [4.78, 5) is 32.9. The number of nitrogens with one attached hydrogen (secondary N) is 1. The van der Waals surface area contributed by atoms with Crippen LogP contribution in [0.2, 0.25) is 0 Å². The molecule has 0 amide bonds. The van der Waals surface area contributed by atoms with E-state index in [-0.39, 0.29) is 12.9 Å². The van der Waals surface area contributed by atoms with Crippen LogP contribution in [0.1, 0.15) is 25.7 Å². The number of hydrogen-bond acceptors (Lipinski definition) is 11. The Hall–Kier alpha value is -4.43. The van der Waals surface area contributed by atoms with Crippen LogP contribution in [0.15, 0.2) is 36.4 Å². The highest BCUT2D eigenvalue weighted by Crippen LogP contribution is 2.48. The molecule has 1 fully saturated rings. The van der Waals surface area contributed by atoms with E-state index in [1.807, 2.05) is 24.3 Å². The van der Waals surface area contributed by atoms with Crippen LogP contribution in [0.25, 0.3) is 0 Å². The topological polar surface area (TPSA) is 194 Å². The second-order valence-electron chi connectivity index (χ2n) is 10.4. The maximum absolute atomic E-state index is 10.3. The van der Waals surface area contributed by atoms with E-state index in [0.717, 1.165) is 50.5 Å². The van der Waals surface area contributed by atoms with Gasteiger partial charge in [0, 0.05) is 19.6 Å². The Labute approximate surface area is 247 Å². The zero-order chi connectivity index (χ0) is 31.0. The van der Waals surface area contributed by atoms with E-state index in [1.165, 1.54) is 5.69 Å². The lowest BCUT2D eigenvalue weighted by Crippen LogP contribution is -2.42. The van der Waals surface area contributed by atoms with Crippen molar-refractivity contribution in [1.82, 2.24) is 5.32 Å². The lowest BCUT2D eigenvalue weighted by atomic mass is 9.96. The number of ether oxygens (including phenoxy) is 5. The SMILES string of the molecule is COc1ccccc1N1CCC(CNC[C@H]2COc3ccc4c(c3O2)OCO4)CC1.O=C(O)CC(O)(CC(=O)O)C(=O)O. The van der Waals surface area contributed by atoms with E-state index in [2.05, 4.69) is 22.3 Å². The maximum Gasteiger partial charge on any atom is 0.336 e. The zero-order valence-corrected chi connectivity index (χ0v) is 23.7. The number of hydrogen-bond donors (Lipinski definition) is 5. The van der Waals surface area contributed by atoms with Crippen molar-refractivity contribution in [3.8, 4) is 28.7 Å². The van der Waals surface area contributed by atoms with E-state index < -0.39 is 36.4 Å². The number of piperidine rings is 1. The van der Waals surface area contributed by atoms with Crippen molar-refractivity contribution in [2.24, 2.45) is 5.92 Å². The number of carboxylic acids is 3. The average Bonchev–Trinajstić information content (AvgIpc) is 3.47. The van der Waals surface area contributed by atoms with Gasteiger partial charge in [-0.15, -0.1) is 0 Å². The molecule has 0 aliphatic carbocycles. The largest absolute Gasteiger partial charge is 0.495 e. The fraction of sp³-hybridized carbons (Fsp3) is 0.483. The normalized spacial score (nSPS) is 17.4. The molecule has 234 valence electrons. The number of aliphatic hydroxyl groups is 1. The number of fused-ring (bicyclic) bond motifs is 3. The Kier molecular flexibility index (Phi) is 10.4. The lowest BCUT2D eigenvalue weighted by molar-refractivity contribution is -0.170. The van der Waals surface area contributed by atoms with E-state index in [0.29, 0.717) is 29.8 Å². The molecule has 3 heterocycles. The number of benzene rings is 2. The minimum atomic E-state index is -2.74. The maximum atomic E-state index is 10.3. The second kappa shape index (κ2) is 14.2. The summed E-state index contributed by atoms with van der Waals surface area (Å²) in [6.45, 7) is 4.59. The van der Waals surface area contributed by atoms with Gasteiger partial charge in [-0.3, -0.25) is 9.59 Å². The Balaban J connectivity index is 0.000000277. The molecule has 1 atom stereocenters. The van der Waals surface area contributed by atoms with Gasteiger partial charge < -0.3 is 54.3 Å². The molecule has 0 saturated carbocycles. The monoisotopic (exact) mass is 604 g/mol. The molecule has 2 aromatic rings. The van der Waals surface area contributed by atoms with Crippen LogP contribution in [-0.4, -0.2) is 96.7 Å². The van der Waals surface area contributed by atoms with Crippen LogP contribution in [-0.2, 0) is 14.4 Å². The van der Waals surface area contributed by atoms with Crippen LogP contribution >= 0.6 is 0 Å². The Morgan fingerprint density at radius 3 is 2.21 bits per heavy atom. The molecule has 3 aliphatic rings. The molecule has 14 nitrogen and oxygen atoms in total. The molecular weight excluding hydrogens is 568 g/mol. The van der Waals surface area contributed by atoms with Crippen molar-refractivity contribution >= 4 is 23.6 Å². The van der Waals surface area contributed by atoms with Crippen molar-refractivity contribution < 1.29 is 58.5 Å². The number of nitrogens with zero attached hydrogens (tertiary/aromatic N) is 1. The van der Waals surface area contributed by atoms with Crippen LogP contribution in [0.5, 0.6) is 28.7 Å². The molecule has 0 radical (unpaired) electrons. The molecule has 1 saturated heterocycles. The Morgan fingerprint density at radius 1 is 0.930 bits per heavy atom. The molecular formula is C29H36N2O12. The van der Waals surface area contributed by atoms with Crippen molar-refractivity contribution in [1.29, 1.82) is 0 Å². The zero-order valence-electron chi connectivity index (χ0n) is 23.7. The van der Waals surface area contributed by atoms with Gasteiger partial charge in [0.15, 0.2) is 17.1 Å². The van der Waals surface area contributed by atoms with Gasteiger partial charge in [-0.05, 0) is 49.6 Å². The molecule has 43 heavy (non-hydrogen) atoms. The highest BCUT2D eigenvalue weighted by Gasteiger charge is 2.40. The Bertz CT molecular complexity index is 1280. The average molecular weight is 605 g/mol. The number of methoxy groups -OCH3 is 1. The van der Waals surface area contributed by atoms with E-state index in [1.54, 1.807) is 7.11 Å². The van der Waals surface area contributed by atoms with Gasteiger partial charge in [-0.2, -0.15) is 0 Å². The Morgan fingerprint density at radius 2 is 1.58 bits per heavy atom. The molecule has 0 spiro atoms. The van der Waals surface area contributed by atoms with Gasteiger partial charge in [-0.25, -0.2) is 4.79 Å². The van der Waals surface area contributed by atoms with Gasteiger partial charge in [0.1, 0.15) is 18.5 Å². The second-order valence-corrected chi connectivity index (χ2v) is 10.4. The summed E-state index contributed by atoms with van der Waals surface area (Å²) < 4.78 is 28.5. The number of aliphatic carboxylic acids is 3. The quantitative estimate of drug-likeness (QED) is 0.249. The predicted molar refractivity (Wildman–Crippen MR) is 150 cm³/mol. The third-order valence-electron chi connectivity index (χ3n) is 7.30. The first-order chi connectivity index (χ1) is 20.6. The fourth-order valence-corrected chi connectivity index (χ4v) is 5.07. The molecule has 5 N–H and O–H groups in total. The lowest BCUT2D eigenvalue weighted by Gasteiger charge is -2.34. The number of anilines is 1. The summed E-state index contributed by atoms with van der Waals surface area (Å²) in [5.74, 6) is -0.658. The smallest absolute Gasteiger partial charge is 0.336 e. The van der Waals surface area contributed by atoms with E-state index in [9.17, 15) is 14.4 Å². The number of rotatable bonds is 11. The van der Waals surface area contributed by atoms with Crippen LogP contribution in [0, 0.1) is 5.92 Å². The molecule has 0 unspecified atom stereocenters. The molecule has 14 heteroatoms. The third kappa shape index (κ3) is 8.11. The molecule has 3 aliphatic heterocycles. The predicted octanol–water partition coefficient (Wildman–Crippen LogP) is 1.82. The van der Waals surface area contributed by atoms with Gasteiger partial charge >= 0.3 is 17.9 Å². The highest BCUT2D eigenvalue weighted by atomic mass is 16.7. The van der Waals surface area contributed by atoms with Gasteiger partial charge in [0.2, 0.25) is 18.3 Å². The summed E-state index contributed by atoms with van der Waals surface area (Å²) in [6, 6.07) is 12.0. The minimum absolute atomic E-state index is 0.0399. The molecule has 5 rings (SSSR count). The van der Waals surface area contributed by atoms with Crippen LogP contribution in [0.4, 0.5) is 5.69 Å². The first-order valence-electron chi connectivity index (χ1n) is 13.8. The van der Waals surface area contributed by atoms with Gasteiger partial charge in [-0.1, -0.05) is 12.1 Å².